The molecule has 0 fully saturated rings. The van der Waals surface area contributed by atoms with Gasteiger partial charge < -0.3 is 14.6 Å². The molecule has 0 aliphatic rings. The van der Waals surface area contributed by atoms with Crippen molar-refractivity contribution in [1.82, 2.24) is 10.1 Å². The number of amides is 1. The Balaban J connectivity index is 1.24. The first-order chi connectivity index (χ1) is 16.1. The van der Waals surface area contributed by atoms with Gasteiger partial charge in [-0.05, 0) is 67.4 Å². The van der Waals surface area contributed by atoms with Crippen molar-refractivity contribution >= 4 is 23.4 Å². The first-order valence-corrected chi connectivity index (χ1v) is 11.6. The zero-order valence-corrected chi connectivity index (χ0v) is 19.4. The first-order valence-electron chi connectivity index (χ1n) is 10.6. The predicted molar refractivity (Wildman–Crippen MR) is 129 cm³/mol. The van der Waals surface area contributed by atoms with Crippen molar-refractivity contribution in [2.75, 3.05) is 5.32 Å². The molecule has 0 spiro atoms. The Morgan fingerprint density at radius 1 is 1.03 bits per heavy atom. The predicted octanol–water partition coefficient (Wildman–Crippen LogP) is 5.74. The lowest BCUT2D eigenvalue weighted by molar-refractivity contribution is -0.115. The van der Waals surface area contributed by atoms with Gasteiger partial charge in [-0.2, -0.15) is 0 Å². The van der Waals surface area contributed by atoms with Gasteiger partial charge in [-0.1, -0.05) is 23.4 Å². The molecule has 7 heteroatoms. The van der Waals surface area contributed by atoms with Gasteiger partial charge in [0.15, 0.2) is 0 Å². The quantitative estimate of drug-likeness (QED) is 0.322. The van der Waals surface area contributed by atoms with Gasteiger partial charge >= 0.3 is 0 Å². The van der Waals surface area contributed by atoms with E-state index < -0.39 is 0 Å². The molecule has 0 saturated carbocycles. The van der Waals surface area contributed by atoms with Crippen molar-refractivity contribution in [1.29, 1.82) is 0 Å². The highest BCUT2D eigenvalue weighted by Gasteiger charge is 2.10. The molecule has 2 aromatic carbocycles. The van der Waals surface area contributed by atoms with Crippen molar-refractivity contribution in [3.8, 4) is 5.75 Å². The largest absolute Gasteiger partial charge is 0.489 e. The Morgan fingerprint density at radius 3 is 2.48 bits per heavy atom. The van der Waals surface area contributed by atoms with E-state index in [9.17, 15) is 4.79 Å². The summed E-state index contributed by atoms with van der Waals surface area (Å²) >= 11 is 1.74. The van der Waals surface area contributed by atoms with Crippen LogP contribution >= 0.6 is 11.8 Å². The second-order valence-electron chi connectivity index (χ2n) is 7.63. The number of nitrogens with zero attached hydrogens (tertiary/aromatic N) is 2. The molecule has 4 aromatic rings. The number of carbonyl (C=O) groups excluding carboxylic acids is 1. The van der Waals surface area contributed by atoms with E-state index in [0.29, 0.717) is 13.0 Å². The first kappa shape index (κ1) is 22.6. The summed E-state index contributed by atoms with van der Waals surface area (Å²) in [4.78, 5) is 17.7. The molecular weight excluding hydrogens is 434 g/mol. The Morgan fingerprint density at radius 2 is 1.82 bits per heavy atom. The monoisotopic (exact) mass is 459 g/mol. The number of aryl methyl sites for hydroxylation is 2. The number of benzene rings is 2. The number of nitrogens with one attached hydrogen (secondary N) is 1. The molecule has 33 heavy (non-hydrogen) atoms. The minimum Gasteiger partial charge on any atom is -0.489 e. The SMILES string of the molecule is Cc1noc(C)c1COc1ccc(CC(=O)Nc2ccc(SCc3cccnc3)cc2)cc1. The highest BCUT2D eigenvalue weighted by molar-refractivity contribution is 7.98. The average Bonchev–Trinajstić information content (AvgIpc) is 3.16. The lowest BCUT2D eigenvalue weighted by Crippen LogP contribution is -2.14. The minimum absolute atomic E-state index is 0.0600. The molecule has 0 aliphatic carbocycles. The molecule has 168 valence electrons. The van der Waals surface area contributed by atoms with Gasteiger partial charge in [-0.25, -0.2) is 0 Å². The van der Waals surface area contributed by atoms with Gasteiger partial charge in [0.2, 0.25) is 5.91 Å². The van der Waals surface area contributed by atoms with E-state index in [2.05, 4.69) is 21.5 Å². The fourth-order valence-corrected chi connectivity index (χ4v) is 4.07. The van der Waals surface area contributed by atoms with Crippen LogP contribution in [0.3, 0.4) is 0 Å². The Bertz CT molecular complexity index is 1170. The Labute approximate surface area is 197 Å². The van der Waals surface area contributed by atoms with Gasteiger partial charge in [-0.3, -0.25) is 9.78 Å². The van der Waals surface area contributed by atoms with E-state index in [0.717, 1.165) is 44.7 Å². The summed E-state index contributed by atoms with van der Waals surface area (Å²) in [6, 6.07) is 19.4. The highest BCUT2D eigenvalue weighted by Crippen LogP contribution is 2.24. The maximum atomic E-state index is 12.4. The fourth-order valence-electron chi connectivity index (χ4n) is 3.24. The lowest BCUT2D eigenvalue weighted by Gasteiger charge is -2.09. The molecule has 1 N–H and O–H groups in total. The topological polar surface area (TPSA) is 77.2 Å². The molecule has 0 atom stereocenters. The number of aromatic nitrogens is 2. The normalized spacial score (nSPS) is 10.7. The molecule has 1 amide bonds. The summed E-state index contributed by atoms with van der Waals surface area (Å²) in [7, 11) is 0. The van der Waals surface area contributed by atoms with Gasteiger partial charge in [0.1, 0.15) is 18.1 Å². The molecule has 0 bridgehead atoms. The summed E-state index contributed by atoms with van der Waals surface area (Å²) in [5.74, 6) is 2.30. The number of anilines is 1. The van der Waals surface area contributed by atoms with Gasteiger partial charge in [-0.15, -0.1) is 11.8 Å². The third kappa shape index (κ3) is 6.46. The van der Waals surface area contributed by atoms with Gasteiger partial charge in [0, 0.05) is 28.7 Å². The maximum Gasteiger partial charge on any atom is 0.228 e. The summed E-state index contributed by atoms with van der Waals surface area (Å²) in [5, 5.41) is 6.89. The molecule has 6 nitrogen and oxygen atoms in total. The average molecular weight is 460 g/mol. The van der Waals surface area contributed by atoms with E-state index in [4.69, 9.17) is 9.26 Å². The summed E-state index contributed by atoms with van der Waals surface area (Å²) < 4.78 is 11.0. The van der Waals surface area contributed by atoms with Gasteiger partial charge in [0.05, 0.1) is 17.7 Å². The van der Waals surface area contributed by atoms with Crippen molar-refractivity contribution < 1.29 is 14.1 Å². The lowest BCUT2D eigenvalue weighted by atomic mass is 10.1. The van der Waals surface area contributed by atoms with Crippen LogP contribution in [-0.2, 0) is 23.6 Å². The van der Waals surface area contributed by atoms with Crippen molar-refractivity contribution in [2.45, 2.75) is 37.5 Å². The fraction of sp³-hybridized carbons (Fsp3) is 0.192. The van der Waals surface area contributed by atoms with Gasteiger partial charge in [0.25, 0.3) is 0 Å². The second-order valence-corrected chi connectivity index (χ2v) is 8.68. The molecule has 0 aliphatic heterocycles. The molecule has 2 aromatic heterocycles. The molecule has 4 rings (SSSR count). The number of hydrogen-bond acceptors (Lipinski definition) is 6. The van der Waals surface area contributed by atoms with Crippen LogP contribution in [0.15, 0.2) is 82.5 Å². The third-order valence-corrected chi connectivity index (χ3v) is 6.20. The minimum atomic E-state index is -0.0600. The van der Waals surface area contributed by atoms with Crippen LogP contribution in [0.5, 0.6) is 5.75 Å². The van der Waals surface area contributed by atoms with Crippen LogP contribution < -0.4 is 10.1 Å². The van der Waals surface area contributed by atoms with Crippen LogP contribution in [-0.4, -0.2) is 16.0 Å². The van der Waals surface area contributed by atoms with E-state index in [1.165, 1.54) is 5.56 Å². The number of pyridine rings is 1. The molecule has 0 radical (unpaired) electrons. The smallest absolute Gasteiger partial charge is 0.228 e. The standard InChI is InChI=1S/C26H25N3O3S/c1-18-25(19(2)32-29-18)16-31-23-9-5-20(6-10-23)14-26(30)28-22-7-11-24(12-8-22)33-17-21-4-3-13-27-15-21/h3-13,15H,14,16-17H2,1-2H3,(H,28,30). The summed E-state index contributed by atoms with van der Waals surface area (Å²) in [6.07, 6.45) is 3.94. The third-order valence-electron chi connectivity index (χ3n) is 5.12. The summed E-state index contributed by atoms with van der Waals surface area (Å²) in [5.41, 5.74) is 4.67. The van der Waals surface area contributed by atoms with Crippen molar-refractivity contribution in [3.63, 3.8) is 0 Å². The highest BCUT2D eigenvalue weighted by atomic mass is 32.2. The number of thioether (sulfide) groups is 1. The van der Waals surface area contributed by atoms with Crippen LogP contribution in [0.4, 0.5) is 5.69 Å². The molecule has 0 saturated heterocycles. The van der Waals surface area contributed by atoms with E-state index in [1.54, 1.807) is 18.0 Å². The number of carbonyl (C=O) groups is 1. The van der Waals surface area contributed by atoms with Crippen LogP contribution in [0.1, 0.15) is 28.1 Å². The number of rotatable bonds is 9. The van der Waals surface area contributed by atoms with E-state index in [-0.39, 0.29) is 5.91 Å². The Kier molecular flexibility index (Phi) is 7.42. The van der Waals surface area contributed by atoms with Crippen LogP contribution in [0, 0.1) is 13.8 Å². The van der Waals surface area contributed by atoms with E-state index >= 15 is 0 Å². The number of ether oxygens (including phenoxy) is 1. The number of hydrogen-bond donors (Lipinski definition) is 1. The maximum absolute atomic E-state index is 12.4. The Hall–Kier alpha value is -3.58. The van der Waals surface area contributed by atoms with Crippen LogP contribution in [0.25, 0.3) is 0 Å². The molecule has 0 unspecified atom stereocenters. The van der Waals surface area contributed by atoms with Crippen molar-refractivity contribution in [2.24, 2.45) is 0 Å². The summed E-state index contributed by atoms with van der Waals surface area (Å²) in [6.45, 7) is 4.17. The molecular formula is C26H25N3O3S. The van der Waals surface area contributed by atoms with Crippen LogP contribution in [0.2, 0.25) is 0 Å². The van der Waals surface area contributed by atoms with Crippen molar-refractivity contribution in [3.05, 3.63) is 101 Å². The zero-order valence-electron chi connectivity index (χ0n) is 18.6. The second kappa shape index (κ2) is 10.8. The zero-order chi connectivity index (χ0) is 23.0. The van der Waals surface area contributed by atoms with E-state index in [1.807, 2.05) is 74.6 Å². The molecule has 2 heterocycles.